The molecule has 11 aromatic carbocycles. The summed E-state index contributed by atoms with van der Waals surface area (Å²) in [5.41, 5.74) is 18.9. The molecule has 0 aliphatic carbocycles. The maximum absolute atomic E-state index is 6.50. The van der Waals surface area contributed by atoms with Gasteiger partial charge in [-0.15, -0.1) is 0 Å². The van der Waals surface area contributed by atoms with Crippen LogP contribution in [-0.2, 0) is 0 Å². The number of anilines is 3. The molecule has 0 unspecified atom stereocenters. The SMILES string of the molecule is c1ccc(-c2ccc(-c3ccccc3)c(-c3ccccc3-c3ccccc3N(c3ccc(-c4ccc5ccccc5c4)cc3)c3ccc(-c4cccc5c4oc4ccccc45)cc3)c2)cc1. The Bertz CT molecular complexity index is 3680. The highest BCUT2D eigenvalue weighted by molar-refractivity contribution is 6.09. The lowest BCUT2D eigenvalue weighted by Crippen LogP contribution is -2.11. The Morgan fingerprint density at radius 1 is 0.258 bits per heavy atom. The van der Waals surface area contributed by atoms with Crippen LogP contribution in [0.25, 0.3) is 99.5 Å². The normalized spacial score (nSPS) is 11.3. The summed E-state index contributed by atoms with van der Waals surface area (Å²) in [5.74, 6) is 0. The molecule has 0 spiro atoms. The minimum Gasteiger partial charge on any atom is -0.455 e. The van der Waals surface area contributed by atoms with Crippen molar-refractivity contribution in [2.75, 3.05) is 4.90 Å². The van der Waals surface area contributed by atoms with Crippen molar-refractivity contribution in [2.24, 2.45) is 0 Å². The van der Waals surface area contributed by atoms with E-state index in [4.69, 9.17) is 4.42 Å². The zero-order chi connectivity index (χ0) is 43.8. The quantitative estimate of drug-likeness (QED) is 0.144. The summed E-state index contributed by atoms with van der Waals surface area (Å²) in [7, 11) is 0. The number of para-hydroxylation sites is 3. The van der Waals surface area contributed by atoms with Crippen LogP contribution in [0.15, 0.2) is 265 Å². The Labute approximate surface area is 384 Å². The average molecular weight is 842 g/mol. The highest BCUT2D eigenvalue weighted by Crippen LogP contribution is 2.47. The van der Waals surface area contributed by atoms with Gasteiger partial charge in [0.1, 0.15) is 11.2 Å². The standard InChI is InChI=1S/C64H43NO/c1-3-16-44(17-4-1)51-36-41-54(47-19-5-2-6-20-47)61(43-51)57-23-10-9-22-56(57)58-24-11-13-28-62(58)65(52-37-32-46(33-38-52)50-31-30-45-18-7-8-21-49(45)42-50)53-39-34-48(35-40-53)55-26-15-27-60-59-25-12-14-29-63(59)66-64(55)60/h1-43H. The average Bonchev–Trinajstić information content (AvgIpc) is 3.79. The first-order valence-electron chi connectivity index (χ1n) is 22.6. The molecule has 12 aromatic rings. The summed E-state index contributed by atoms with van der Waals surface area (Å²) in [6, 6.07) is 94.0. The van der Waals surface area contributed by atoms with Gasteiger partial charge in [-0.1, -0.05) is 212 Å². The monoisotopic (exact) mass is 841 g/mol. The fourth-order valence-corrected chi connectivity index (χ4v) is 9.66. The van der Waals surface area contributed by atoms with E-state index in [-0.39, 0.29) is 0 Å². The molecule has 12 rings (SSSR count). The van der Waals surface area contributed by atoms with Gasteiger partial charge in [-0.2, -0.15) is 0 Å². The fourth-order valence-electron chi connectivity index (χ4n) is 9.66. The Morgan fingerprint density at radius 3 is 1.52 bits per heavy atom. The van der Waals surface area contributed by atoms with E-state index in [2.05, 4.69) is 254 Å². The van der Waals surface area contributed by atoms with Crippen molar-refractivity contribution in [1.29, 1.82) is 0 Å². The van der Waals surface area contributed by atoms with E-state index in [1.807, 2.05) is 12.1 Å². The van der Waals surface area contributed by atoms with Gasteiger partial charge >= 0.3 is 0 Å². The third-order valence-corrected chi connectivity index (χ3v) is 12.9. The van der Waals surface area contributed by atoms with Gasteiger partial charge in [0.05, 0.1) is 5.69 Å². The lowest BCUT2D eigenvalue weighted by Gasteiger charge is -2.29. The first-order valence-corrected chi connectivity index (χ1v) is 22.6. The van der Waals surface area contributed by atoms with E-state index < -0.39 is 0 Å². The number of hydrogen-bond donors (Lipinski definition) is 0. The third kappa shape index (κ3) is 7.12. The molecular formula is C64H43NO. The number of rotatable bonds is 9. The van der Waals surface area contributed by atoms with E-state index in [0.717, 1.165) is 61.3 Å². The fraction of sp³-hybridized carbons (Fsp3) is 0. The van der Waals surface area contributed by atoms with E-state index in [1.165, 1.54) is 55.3 Å². The van der Waals surface area contributed by atoms with Crippen LogP contribution >= 0.6 is 0 Å². The van der Waals surface area contributed by atoms with Gasteiger partial charge in [0.25, 0.3) is 0 Å². The summed E-state index contributed by atoms with van der Waals surface area (Å²) in [4.78, 5) is 2.40. The summed E-state index contributed by atoms with van der Waals surface area (Å²) < 4.78 is 6.50. The van der Waals surface area contributed by atoms with Crippen molar-refractivity contribution in [3.63, 3.8) is 0 Å². The molecule has 0 aliphatic heterocycles. The highest BCUT2D eigenvalue weighted by atomic mass is 16.3. The molecule has 2 heteroatoms. The minimum absolute atomic E-state index is 0.898. The van der Waals surface area contributed by atoms with Gasteiger partial charge in [0, 0.05) is 33.3 Å². The summed E-state index contributed by atoms with van der Waals surface area (Å²) in [5, 5.41) is 4.72. The molecule has 0 saturated carbocycles. The molecule has 0 aliphatic rings. The molecule has 0 saturated heterocycles. The van der Waals surface area contributed by atoms with Crippen molar-refractivity contribution < 1.29 is 4.42 Å². The van der Waals surface area contributed by atoms with Crippen molar-refractivity contribution in [3.8, 4) is 66.8 Å². The van der Waals surface area contributed by atoms with Crippen molar-refractivity contribution in [1.82, 2.24) is 0 Å². The van der Waals surface area contributed by atoms with Crippen molar-refractivity contribution in [3.05, 3.63) is 261 Å². The largest absolute Gasteiger partial charge is 0.455 e. The molecule has 0 bridgehead atoms. The van der Waals surface area contributed by atoms with E-state index in [1.54, 1.807) is 0 Å². The summed E-state index contributed by atoms with van der Waals surface area (Å²) in [6.45, 7) is 0. The van der Waals surface area contributed by atoms with Crippen LogP contribution < -0.4 is 4.90 Å². The van der Waals surface area contributed by atoms with Gasteiger partial charge in [0.2, 0.25) is 0 Å². The smallest absolute Gasteiger partial charge is 0.143 e. The molecule has 1 heterocycles. The zero-order valence-electron chi connectivity index (χ0n) is 36.2. The topological polar surface area (TPSA) is 16.4 Å². The van der Waals surface area contributed by atoms with Crippen molar-refractivity contribution in [2.45, 2.75) is 0 Å². The Morgan fingerprint density at radius 2 is 0.758 bits per heavy atom. The van der Waals surface area contributed by atoms with Crippen LogP contribution in [-0.4, -0.2) is 0 Å². The molecule has 0 N–H and O–H groups in total. The van der Waals surface area contributed by atoms with Crippen LogP contribution in [0.3, 0.4) is 0 Å². The molecule has 0 radical (unpaired) electrons. The Balaban J connectivity index is 1.02. The van der Waals surface area contributed by atoms with Gasteiger partial charge in [-0.05, 0) is 115 Å². The summed E-state index contributed by atoms with van der Waals surface area (Å²) in [6.07, 6.45) is 0. The number of benzene rings is 11. The second kappa shape index (κ2) is 16.8. The lowest BCUT2D eigenvalue weighted by molar-refractivity contribution is 0.670. The number of furan rings is 1. The van der Waals surface area contributed by atoms with E-state index >= 15 is 0 Å². The van der Waals surface area contributed by atoms with Crippen LogP contribution in [0.1, 0.15) is 0 Å². The predicted octanol–water partition coefficient (Wildman–Crippen LogP) is 18.2. The van der Waals surface area contributed by atoms with E-state index in [9.17, 15) is 0 Å². The first kappa shape index (κ1) is 38.9. The Kier molecular flexibility index (Phi) is 9.89. The van der Waals surface area contributed by atoms with Gasteiger partial charge in [-0.3, -0.25) is 0 Å². The summed E-state index contributed by atoms with van der Waals surface area (Å²) >= 11 is 0. The molecular weight excluding hydrogens is 799 g/mol. The maximum atomic E-state index is 6.50. The third-order valence-electron chi connectivity index (χ3n) is 12.9. The zero-order valence-corrected chi connectivity index (χ0v) is 36.2. The van der Waals surface area contributed by atoms with Gasteiger partial charge in [-0.25, -0.2) is 0 Å². The van der Waals surface area contributed by atoms with Gasteiger partial charge < -0.3 is 9.32 Å². The Hall–Kier alpha value is -8.72. The molecule has 0 atom stereocenters. The molecule has 66 heavy (non-hydrogen) atoms. The lowest BCUT2D eigenvalue weighted by atomic mass is 9.87. The first-order chi connectivity index (χ1) is 32.7. The van der Waals surface area contributed by atoms with Crippen LogP contribution in [0, 0.1) is 0 Å². The molecule has 0 amide bonds. The minimum atomic E-state index is 0.898. The van der Waals surface area contributed by atoms with Crippen LogP contribution in [0.4, 0.5) is 17.1 Å². The molecule has 1 aromatic heterocycles. The second-order valence-electron chi connectivity index (χ2n) is 16.8. The molecule has 2 nitrogen and oxygen atoms in total. The number of nitrogens with zero attached hydrogens (tertiary/aromatic N) is 1. The maximum Gasteiger partial charge on any atom is 0.143 e. The number of fused-ring (bicyclic) bond motifs is 4. The predicted molar refractivity (Wildman–Crippen MR) is 279 cm³/mol. The second-order valence-corrected chi connectivity index (χ2v) is 16.8. The number of hydrogen-bond acceptors (Lipinski definition) is 2. The van der Waals surface area contributed by atoms with E-state index in [0.29, 0.717) is 0 Å². The van der Waals surface area contributed by atoms with Gasteiger partial charge in [0.15, 0.2) is 0 Å². The molecule has 0 fully saturated rings. The van der Waals surface area contributed by atoms with Crippen LogP contribution in [0.2, 0.25) is 0 Å². The van der Waals surface area contributed by atoms with Crippen molar-refractivity contribution >= 4 is 49.8 Å². The molecule has 310 valence electrons. The highest BCUT2D eigenvalue weighted by Gasteiger charge is 2.22. The van der Waals surface area contributed by atoms with Crippen LogP contribution in [0.5, 0.6) is 0 Å².